The number of ether oxygens (including phenoxy) is 2. The summed E-state index contributed by atoms with van der Waals surface area (Å²) in [4.78, 5) is 13.7. The van der Waals surface area contributed by atoms with Crippen molar-refractivity contribution in [3.8, 4) is 5.75 Å². The molecule has 0 amide bonds. The zero-order valence-corrected chi connectivity index (χ0v) is 11.9. The molecule has 1 aliphatic rings. The van der Waals surface area contributed by atoms with Gasteiger partial charge in [0.1, 0.15) is 12.4 Å². The molecule has 1 atom stereocenters. The van der Waals surface area contributed by atoms with E-state index in [1.807, 2.05) is 24.3 Å². The van der Waals surface area contributed by atoms with Gasteiger partial charge in [0.25, 0.3) is 0 Å². The summed E-state index contributed by atoms with van der Waals surface area (Å²) in [6.45, 7) is 3.68. The van der Waals surface area contributed by atoms with Crippen molar-refractivity contribution in [2.24, 2.45) is 11.7 Å². The van der Waals surface area contributed by atoms with Gasteiger partial charge in [0.15, 0.2) is 0 Å². The summed E-state index contributed by atoms with van der Waals surface area (Å²) < 4.78 is 10.5. The average molecular weight is 278 g/mol. The van der Waals surface area contributed by atoms with Gasteiger partial charge in [-0.15, -0.1) is 0 Å². The molecule has 1 heterocycles. The Balaban J connectivity index is 1.69. The van der Waals surface area contributed by atoms with Gasteiger partial charge in [0.05, 0.1) is 13.0 Å². The molecule has 0 radical (unpaired) electrons. The molecule has 1 aromatic carbocycles. The van der Waals surface area contributed by atoms with Crippen molar-refractivity contribution in [1.82, 2.24) is 4.90 Å². The lowest BCUT2D eigenvalue weighted by atomic mass is 10.1. The Morgan fingerprint density at radius 1 is 1.40 bits per heavy atom. The van der Waals surface area contributed by atoms with Crippen LogP contribution in [0, 0.1) is 5.92 Å². The molecule has 110 valence electrons. The molecular formula is C15H22N2O3. The second-order valence-corrected chi connectivity index (χ2v) is 5.01. The number of benzene rings is 1. The summed E-state index contributed by atoms with van der Waals surface area (Å²) in [5.74, 6) is 0.764. The summed E-state index contributed by atoms with van der Waals surface area (Å²) in [6.07, 6.45) is 0.873. The highest BCUT2D eigenvalue weighted by molar-refractivity contribution is 5.72. The van der Waals surface area contributed by atoms with Gasteiger partial charge in [0, 0.05) is 19.6 Å². The first-order valence-corrected chi connectivity index (χ1v) is 6.95. The number of hydrogen-bond donors (Lipinski definition) is 1. The van der Waals surface area contributed by atoms with E-state index < -0.39 is 0 Å². The van der Waals surface area contributed by atoms with Gasteiger partial charge in [-0.05, 0) is 30.7 Å². The molecule has 0 aliphatic carbocycles. The van der Waals surface area contributed by atoms with Crippen LogP contribution in [0.1, 0.15) is 12.0 Å². The van der Waals surface area contributed by atoms with Crippen molar-refractivity contribution in [3.05, 3.63) is 29.8 Å². The Morgan fingerprint density at radius 2 is 2.15 bits per heavy atom. The van der Waals surface area contributed by atoms with Gasteiger partial charge in [-0.1, -0.05) is 12.1 Å². The number of carbonyl (C=O) groups is 1. The predicted molar refractivity (Wildman–Crippen MR) is 76.4 cm³/mol. The van der Waals surface area contributed by atoms with Crippen LogP contribution in [0.15, 0.2) is 24.3 Å². The molecule has 0 spiro atoms. The smallest absolute Gasteiger partial charge is 0.310 e. The Hall–Kier alpha value is -1.59. The Morgan fingerprint density at radius 3 is 2.80 bits per heavy atom. The number of nitrogens with two attached hydrogens (primary N) is 1. The maximum atomic E-state index is 11.4. The number of rotatable bonds is 6. The zero-order valence-electron chi connectivity index (χ0n) is 11.9. The fourth-order valence-electron chi connectivity index (χ4n) is 2.41. The van der Waals surface area contributed by atoms with Gasteiger partial charge in [-0.3, -0.25) is 9.69 Å². The van der Waals surface area contributed by atoms with E-state index in [1.165, 1.54) is 7.11 Å². The van der Waals surface area contributed by atoms with Gasteiger partial charge < -0.3 is 15.2 Å². The molecule has 5 nitrogen and oxygen atoms in total. The average Bonchev–Trinajstić information content (AvgIpc) is 2.96. The van der Waals surface area contributed by atoms with Crippen molar-refractivity contribution >= 4 is 5.97 Å². The fourth-order valence-corrected chi connectivity index (χ4v) is 2.41. The number of carbonyl (C=O) groups excluding carboxylic acids is 1. The van der Waals surface area contributed by atoms with Crippen LogP contribution in [0.4, 0.5) is 0 Å². The standard InChI is InChI=1S/C15H22N2O3/c1-19-15(18)13-6-7-17(11-13)8-9-20-14-4-2-12(10-16)3-5-14/h2-5,13H,6-11,16H2,1H3. The van der Waals surface area contributed by atoms with Crippen molar-refractivity contribution in [2.45, 2.75) is 13.0 Å². The maximum absolute atomic E-state index is 11.4. The van der Waals surface area contributed by atoms with Gasteiger partial charge >= 0.3 is 5.97 Å². The fraction of sp³-hybridized carbons (Fsp3) is 0.533. The number of likely N-dealkylation sites (tertiary alicyclic amines) is 1. The molecule has 1 aliphatic heterocycles. The Bertz CT molecular complexity index is 433. The number of methoxy groups -OCH3 is 1. The lowest BCUT2D eigenvalue weighted by Gasteiger charge is -2.16. The van der Waals surface area contributed by atoms with Gasteiger partial charge in [-0.2, -0.15) is 0 Å². The van der Waals surface area contributed by atoms with Crippen LogP contribution in [-0.2, 0) is 16.1 Å². The van der Waals surface area contributed by atoms with Crippen molar-refractivity contribution in [2.75, 3.05) is 33.4 Å². The maximum Gasteiger partial charge on any atom is 0.310 e. The number of nitrogens with zero attached hydrogens (tertiary/aromatic N) is 1. The molecular weight excluding hydrogens is 256 g/mol. The molecule has 5 heteroatoms. The molecule has 1 fully saturated rings. The third kappa shape index (κ3) is 3.95. The van der Waals surface area contributed by atoms with Crippen LogP contribution < -0.4 is 10.5 Å². The molecule has 0 bridgehead atoms. The zero-order chi connectivity index (χ0) is 14.4. The predicted octanol–water partition coefficient (Wildman–Crippen LogP) is 1.02. The van der Waals surface area contributed by atoms with E-state index in [-0.39, 0.29) is 11.9 Å². The molecule has 1 aromatic rings. The van der Waals surface area contributed by atoms with Crippen molar-refractivity contribution in [1.29, 1.82) is 0 Å². The molecule has 0 saturated carbocycles. The van der Waals surface area contributed by atoms with Crippen LogP contribution in [0.2, 0.25) is 0 Å². The van der Waals surface area contributed by atoms with Crippen LogP contribution in [0.5, 0.6) is 5.75 Å². The van der Waals surface area contributed by atoms with E-state index in [9.17, 15) is 4.79 Å². The number of esters is 1. The van der Waals surface area contributed by atoms with Crippen LogP contribution in [0.3, 0.4) is 0 Å². The summed E-state index contributed by atoms with van der Waals surface area (Å²) in [5, 5.41) is 0. The minimum absolute atomic E-state index is 0.0174. The highest BCUT2D eigenvalue weighted by Gasteiger charge is 2.28. The third-order valence-electron chi connectivity index (χ3n) is 3.64. The highest BCUT2D eigenvalue weighted by atomic mass is 16.5. The van der Waals surface area contributed by atoms with E-state index in [1.54, 1.807) is 0 Å². The monoisotopic (exact) mass is 278 g/mol. The number of hydrogen-bond acceptors (Lipinski definition) is 5. The van der Waals surface area contributed by atoms with Crippen molar-refractivity contribution < 1.29 is 14.3 Å². The SMILES string of the molecule is COC(=O)C1CCN(CCOc2ccc(CN)cc2)C1. The van der Waals surface area contributed by atoms with E-state index in [2.05, 4.69) is 4.90 Å². The molecule has 2 rings (SSSR count). The van der Waals surface area contributed by atoms with Crippen LogP contribution in [-0.4, -0.2) is 44.2 Å². The second kappa shape index (κ2) is 7.26. The molecule has 0 aromatic heterocycles. The van der Waals surface area contributed by atoms with E-state index in [0.29, 0.717) is 13.2 Å². The van der Waals surface area contributed by atoms with E-state index >= 15 is 0 Å². The first-order valence-electron chi connectivity index (χ1n) is 6.95. The van der Waals surface area contributed by atoms with E-state index in [4.69, 9.17) is 15.2 Å². The van der Waals surface area contributed by atoms with Gasteiger partial charge in [0.2, 0.25) is 0 Å². The molecule has 2 N–H and O–H groups in total. The topological polar surface area (TPSA) is 64.8 Å². The minimum atomic E-state index is -0.106. The Kier molecular flexibility index (Phi) is 5.38. The van der Waals surface area contributed by atoms with Crippen molar-refractivity contribution in [3.63, 3.8) is 0 Å². The minimum Gasteiger partial charge on any atom is -0.492 e. The van der Waals surface area contributed by atoms with Crippen LogP contribution in [0.25, 0.3) is 0 Å². The normalized spacial score (nSPS) is 19.0. The third-order valence-corrected chi connectivity index (χ3v) is 3.64. The Labute approximate surface area is 119 Å². The summed E-state index contributed by atoms with van der Waals surface area (Å²) in [5.41, 5.74) is 6.64. The summed E-state index contributed by atoms with van der Waals surface area (Å²) in [6, 6.07) is 7.81. The summed E-state index contributed by atoms with van der Waals surface area (Å²) in [7, 11) is 1.44. The lowest BCUT2D eigenvalue weighted by Crippen LogP contribution is -2.28. The second-order valence-electron chi connectivity index (χ2n) is 5.01. The largest absolute Gasteiger partial charge is 0.492 e. The highest BCUT2D eigenvalue weighted by Crippen LogP contribution is 2.17. The quantitative estimate of drug-likeness (QED) is 0.787. The molecule has 1 unspecified atom stereocenters. The first-order chi connectivity index (χ1) is 9.72. The lowest BCUT2D eigenvalue weighted by molar-refractivity contribution is -0.144. The van der Waals surface area contributed by atoms with Crippen LogP contribution >= 0.6 is 0 Å². The van der Waals surface area contributed by atoms with Gasteiger partial charge in [-0.25, -0.2) is 0 Å². The molecule has 20 heavy (non-hydrogen) atoms. The van der Waals surface area contributed by atoms with E-state index in [0.717, 1.165) is 37.4 Å². The molecule has 1 saturated heterocycles. The first kappa shape index (κ1) is 14.8. The summed E-state index contributed by atoms with van der Waals surface area (Å²) >= 11 is 0.